The van der Waals surface area contributed by atoms with E-state index in [4.69, 9.17) is 0 Å². The van der Waals surface area contributed by atoms with E-state index in [1.54, 1.807) is 122 Å². The van der Waals surface area contributed by atoms with E-state index >= 15 is 0 Å². The maximum Gasteiger partial charge on any atom is 0.180 e. The average Bonchev–Trinajstić information content (AvgIpc) is 4.39. The van der Waals surface area contributed by atoms with E-state index in [0.717, 1.165) is 0 Å². The molecule has 40 heteroatoms. The monoisotopic (exact) mass is 1170 g/mol. The van der Waals surface area contributed by atoms with Gasteiger partial charge in [0.25, 0.3) is 0 Å². The van der Waals surface area contributed by atoms with Crippen molar-refractivity contribution in [2.45, 2.75) is 0 Å². The van der Waals surface area contributed by atoms with Gasteiger partial charge in [0, 0.05) is 71.0 Å². The van der Waals surface area contributed by atoms with Crippen molar-refractivity contribution in [1.82, 2.24) is 160 Å². The summed E-state index contributed by atoms with van der Waals surface area (Å²) in [4.78, 5) is 27.2. The normalized spacial score (nSPS) is 8.00. The van der Waals surface area contributed by atoms with Gasteiger partial charge in [-0.1, -0.05) is 20.0 Å². The number of hydrogen-bond acceptors (Lipinski definition) is 32. The van der Waals surface area contributed by atoms with Crippen LogP contribution in [0.15, 0.2) is 263 Å². The minimum atomic E-state index is 1.21. The Balaban J connectivity index is 0.000000427. The van der Waals surface area contributed by atoms with E-state index in [9.17, 15) is 0 Å². The topological polar surface area (TPSA) is 488 Å². The predicted molar refractivity (Wildman–Crippen MR) is 286 cm³/mol. The molecular formula is C40H48N32O4S4. The highest BCUT2D eigenvalue weighted by molar-refractivity contribution is 7.07. The van der Waals surface area contributed by atoms with Gasteiger partial charge in [0.15, 0.2) is 6.39 Å². The molecule has 8 N–H and O–H groups in total. The number of hydrogen-bond donors (Lipinski definition) is 8. The number of imidazole rings is 1. The molecule has 416 valence electrons. The maximum absolute atomic E-state index is 4.47. The molecule has 0 saturated carbocycles. The largest absolute Gasteiger partial charge is 0.452 e. The first kappa shape index (κ1) is 66.5. The fourth-order valence-corrected chi connectivity index (χ4v) is 4.04. The van der Waals surface area contributed by atoms with Crippen LogP contribution in [0.25, 0.3) is 0 Å². The lowest BCUT2D eigenvalue weighted by Crippen LogP contribution is -1.61. The molecule has 80 heavy (non-hydrogen) atoms. The van der Waals surface area contributed by atoms with Gasteiger partial charge in [0.1, 0.15) is 56.8 Å². The Morgan fingerprint density at radius 3 is 1.25 bits per heavy atom. The third-order valence-corrected chi connectivity index (χ3v) is 7.39. The SMILES string of the molecule is c1c[nH]cn1.c1cc[nH]c1.c1cn[nH]c1.c1cn[nH]n1.c1cn[nH]n1.c1cnoc1.c1cnon1.c1cnsc1.c1cnsn1.c1cocn1.c1conn1.c1cscn1.c1csnn1.c1nc[nH]n1.c1nc[nH]n1.c1nc[nH]n1. The molecule has 0 fully saturated rings. The van der Waals surface area contributed by atoms with Crippen LogP contribution < -0.4 is 0 Å². The molecule has 0 spiro atoms. The maximum atomic E-state index is 4.47. The first-order chi connectivity index (χ1) is 40.0. The van der Waals surface area contributed by atoms with Crippen molar-refractivity contribution < 1.29 is 18.1 Å². The van der Waals surface area contributed by atoms with E-state index in [1.165, 1.54) is 117 Å². The van der Waals surface area contributed by atoms with Crippen molar-refractivity contribution in [2.24, 2.45) is 0 Å². The zero-order chi connectivity index (χ0) is 56.6. The molecule has 0 bridgehead atoms. The number of aromatic amines is 8. The molecule has 0 aliphatic heterocycles. The minimum absolute atomic E-state index is 1.21. The summed E-state index contributed by atoms with van der Waals surface area (Å²) < 4.78 is 31.7. The lowest BCUT2D eigenvalue weighted by Gasteiger charge is -1.49. The highest BCUT2D eigenvalue weighted by Gasteiger charge is 1.66. The van der Waals surface area contributed by atoms with Gasteiger partial charge in [0.2, 0.25) is 0 Å². The molecular weight excluding hydrogens is 1120 g/mol. The third kappa shape index (κ3) is 60.8. The molecule has 0 saturated heterocycles. The van der Waals surface area contributed by atoms with E-state index in [2.05, 4.69) is 178 Å². The Hall–Kier alpha value is -11.5. The van der Waals surface area contributed by atoms with Gasteiger partial charge in [-0.15, -0.1) is 21.5 Å². The van der Waals surface area contributed by atoms with Crippen LogP contribution in [0.3, 0.4) is 0 Å². The third-order valence-electron chi connectivity index (χ3n) is 5.48. The Morgan fingerprint density at radius 2 is 1.09 bits per heavy atom. The summed E-state index contributed by atoms with van der Waals surface area (Å²) >= 11 is 5.63. The summed E-state index contributed by atoms with van der Waals surface area (Å²) in [5.41, 5.74) is 1.79. The van der Waals surface area contributed by atoms with E-state index in [0.29, 0.717) is 0 Å². The highest BCUT2D eigenvalue weighted by Crippen LogP contribution is 1.86. The fraction of sp³-hybridized carbons (Fsp3) is 0. The highest BCUT2D eigenvalue weighted by atomic mass is 32.1. The predicted octanol–water partition coefficient (Wildman–Crippen LogP) is 5.71. The summed E-state index contributed by atoms with van der Waals surface area (Å²) in [6.45, 7) is 0. The number of aromatic nitrogens is 32. The van der Waals surface area contributed by atoms with Crippen LogP contribution in [0.1, 0.15) is 0 Å². The molecule has 0 unspecified atom stereocenters. The number of nitrogens with one attached hydrogen (secondary N) is 8. The molecule has 16 aromatic rings. The Bertz CT molecular complexity index is 1860. The Labute approximate surface area is 467 Å². The molecule has 0 aliphatic carbocycles. The molecule has 0 aromatic carbocycles. The number of nitrogens with zero attached hydrogens (tertiary/aromatic N) is 24. The van der Waals surface area contributed by atoms with Crippen molar-refractivity contribution >= 4 is 46.1 Å². The quantitative estimate of drug-likeness (QED) is 0.0901. The smallest absolute Gasteiger partial charge is 0.180 e. The number of oxazole rings is 1. The van der Waals surface area contributed by atoms with Gasteiger partial charge >= 0.3 is 0 Å². The van der Waals surface area contributed by atoms with Gasteiger partial charge in [-0.05, 0) is 53.4 Å². The average molecular weight is 1170 g/mol. The summed E-state index contributed by atoms with van der Waals surface area (Å²) in [5.74, 6) is 0. The van der Waals surface area contributed by atoms with Crippen LogP contribution >= 0.6 is 46.1 Å². The van der Waals surface area contributed by atoms with Gasteiger partial charge in [-0.3, -0.25) is 25.4 Å². The molecule has 0 amide bonds. The lowest BCUT2D eigenvalue weighted by atomic mass is 10.7. The summed E-state index contributed by atoms with van der Waals surface area (Å²) in [6.07, 6.45) is 49.4. The first-order valence-corrected chi connectivity index (χ1v) is 24.4. The molecule has 0 atom stereocenters. The number of H-pyrrole nitrogens is 8. The van der Waals surface area contributed by atoms with Crippen LogP contribution in [-0.2, 0) is 0 Å². The van der Waals surface area contributed by atoms with Crippen LogP contribution in [0.5, 0.6) is 0 Å². The van der Waals surface area contributed by atoms with Crippen LogP contribution in [-0.4, -0.2) is 160 Å². The van der Waals surface area contributed by atoms with E-state index in [1.807, 2.05) is 52.8 Å². The second-order valence-electron chi connectivity index (χ2n) is 10.8. The van der Waals surface area contributed by atoms with E-state index < -0.39 is 0 Å². The van der Waals surface area contributed by atoms with Crippen molar-refractivity contribution in [3.05, 3.63) is 245 Å². The van der Waals surface area contributed by atoms with Crippen LogP contribution in [0.2, 0.25) is 0 Å². The van der Waals surface area contributed by atoms with Gasteiger partial charge in [-0.25, -0.2) is 33.9 Å². The van der Waals surface area contributed by atoms with Gasteiger partial charge in [0.05, 0.1) is 97.9 Å². The molecule has 16 aromatic heterocycles. The summed E-state index contributed by atoms with van der Waals surface area (Å²) in [5, 5.41) is 68.2. The van der Waals surface area contributed by atoms with Crippen molar-refractivity contribution in [1.29, 1.82) is 0 Å². The molecule has 16 rings (SSSR count). The fourth-order valence-electron chi connectivity index (χ4n) is 2.79. The standard InChI is InChI=1S/C4H5N.2C3H4N2.2C3H3NO.2C3H3NS.5C2H3N3.2C2H2N2O.2C2H2N2S/c1-2-4-5-3-1;1-2-5-3-4-1;1-2-4-5-3-1;1-2-5-3-4-1;1-2-4-5-3-1;1-2-5-3-4-1;1-2-4-5-3-1;3*1-3-2-5-4-1;2*1-2-4-5-3-1;1-2-5-4-3-1;1-2-4-5-3-1;1-2-5-4-3-1;1-2-4-5-3-1/h1-5H;2*1-3H,(H,4,5);4*1-3H;5*1-2H,(H,3,4,5);4*1-2H. The van der Waals surface area contributed by atoms with Gasteiger partial charge in [-0.2, -0.15) is 60.0 Å². The number of rotatable bonds is 0. The molecule has 16 heterocycles. The first-order valence-electron chi connectivity index (χ1n) is 21.1. The van der Waals surface area contributed by atoms with Crippen LogP contribution in [0.4, 0.5) is 0 Å². The zero-order valence-corrected chi connectivity index (χ0v) is 44.4. The molecule has 0 aliphatic rings. The summed E-state index contributed by atoms with van der Waals surface area (Å²) in [6, 6.07) is 9.35. The van der Waals surface area contributed by atoms with Crippen LogP contribution in [0, 0.1) is 0 Å². The Kier molecular flexibility index (Phi) is 52.9. The second-order valence-corrected chi connectivity index (χ2v) is 13.4. The van der Waals surface area contributed by atoms with Crippen molar-refractivity contribution in [3.8, 4) is 0 Å². The van der Waals surface area contributed by atoms with E-state index in [-0.39, 0.29) is 0 Å². The molecule has 0 radical (unpaired) electrons. The Morgan fingerprint density at radius 1 is 0.375 bits per heavy atom. The van der Waals surface area contributed by atoms with Crippen molar-refractivity contribution in [3.63, 3.8) is 0 Å². The van der Waals surface area contributed by atoms with Gasteiger partial charge < -0.3 is 23.4 Å². The van der Waals surface area contributed by atoms with Crippen molar-refractivity contribution in [2.75, 3.05) is 0 Å². The number of thiazole rings is 1. The second kappa shape index (κ2) is 63.6. The zero-order valence-electron chi connectivity index (χ0n) is 41.1. The lowest BCUT2D eigenvalue weighted by molar-refractivity contribution is 0.307. The summed E-state index contributed by atoms with van der Waals surface area (Å²) in [7, 11) is 0. The minimum Gasteiger partial charge on any atom is -0.452 e. The molecule has 36 nitrogen and oxygen atoms in total.